The molecule has 0 atom stereocenters. The largest absolute Gasteiger partial charge is 0.324 e. The smallest absolute Gasteiger partial charge is 0.296 e. The third kappa shape index (κ3) is 4.83. The number of aromatic nitrogens is 8. The predicted molar refractivity (Wildman–Crippen MR) is 186 cm³/mol. The summed E-state index contributed by atoms with van der Waals surface area (Å²) in [6.07, 6.45) is 0. The Bertz CT molecular complexity index is 2980. The zero-order valence-electron chi connectivity index (χ0n) is 24.1. The second kappa shape index (κ2) is 10.8. The van der Waals surface area contributed by atoms with E-state index in [1.807, 2.05) is 48.5 Å². The fraction of sp³-hybridized carbons (Fsp3) is 0. The highest BCUT2D eigenvalue weighted by molar-refractivity contribution is 7.89. The van der Waals surface area contributed by atoms with Crippen molar-refractivity contribution in [3.8, 4) is 45.6 Å². The average molecular weight is 705 g/mol. The first-order valence-electron chi connectivity index (χ1n) is 14.3. The molecule has 0 saturated carbocycles. The summed E-state index contributed by atoms with van der Waals surface area (Å²) in [4.78, 5) is 32.8. The second-order valence-electron chi connectivity index (χ2n) is 11.0. The van der Waals surface area contributed by atoms with E-state index in [1.54, 1.807) is 24.3 Å². The lowest BCUT2D eigenvalue weighted by Gasteiger charge is -2.06. The van der Waals surface area contributed by atoms with Gasteiger partial charge < -0.3 is 9.97 Å². The lowest BCUT2D eigenvalue weighted by Crippen LogP contribution is -2.09. The minimum atomic E-state index is -5.27. The molecule has 9 rings (SSSR count). The number of H-pyrrole nitrogens is 2. The molecule has 0 saturated heterocycles. The normalized spacial score (nSPS) is 12.4. The maximum Gasteiger partial charge on any atom is 0.296 e. The molecular formula is C32H21AlN8O6S2. The third-order valence-electron chi connectivity index (χ3n) is 8.17. The highest BCUT2D eigenvalue weighted by Crippen LogP contribution is 2.39. The number of rotatable bonds is 2. The fourth-order valence-electron chi connectivity index (χ4n) is 6.14. The molecule has 0 radical (unpaired) electrons. The molecule has 4 N–H and O–H groups in total. The number of nitrogens with one attached hydrogen (secondary N) is 2. The summed E-state index contributed by atoms with van der Waals surface area (Å²) in [5.41, 5.74) is 3.32. The summed E-state index contributed by atoms with van der Waals surface area (Å²) in [5.74, 6) is 0.980. The molecule has 8 bridgehead atoms. The van der Waals surface area contributed by atoms with Crippen LogP contribution in [0.3, 0.4) is 0 Å². The van der Waals surface area contributed by atoms with Crippen molar-refractivity contribution in [1.82, 2.24) is 39.9 Å². The molecule has 0 aliphatic carbocycles. The van der Waals surface area contributed by atoms with Crippen molar-refractivity contribution in [3.63, 3.8) is 0 Å². The van der Waals surface area contributed by atoms with E-state index in [9.17, 15) is 25.9 Å². The average Bonchev–Trinajstić information content (AvgIpc) is 3.79. The van der Waals surface area contributed by atoms with Gasteiger partial charge in [0.1, 0.15) is 32.4 Å². The van der Waals surface area contributed by atoms with Gasteiger partial charge in [-0.15, -0.1) is 0 Å². The van der Waals surface area contributed by atoms with E-state index in [0.717, 1.165) is 16.8 Å². The van der Waals surface area contributed by atoms with Crippen LogP contribution in [0.25, 0.3) is 89.7 Å². The van der Waals surface area contributed by atoms with Gasteiger partial charge in [-0.05, 0) is 12.1 Å². The molecule has 240 valence electrons. The van der Waals surface area contributed by atoms with Crippen LogP contribution >= 0.6 is 0 Å². The van der Waals surface area contributed by atoms with Crippen LogP contribution in [0, 0.1) is 0 Å². The lowest BCUT2D eigenvalue weighted by molar-refractivity contribution is 0.468. The second-order valence-corrected chi connectivity index (χ2v) is 13.8. The molecular weight excluding hydrogens is 684 g/mol. The van der Waals surface area contributed by atoms with Crippen LogP contribution in [0.15, 0.2) is 94.7 Å². The topological polar surface area (TPSA) is 218 Å². The molecule has 2 aliphatic heterocycles. The van der Waals surface area contributed by atoms with Crippen LogP contribution < -0.4 is 0 Å². The molecule has 0 spiro atoms. The van der Waals surface area contributed by atoms with E-state index < -0.39 is 30.0 Å². The van der Waals surface area contributed by atoms with E-state index in [2.05, 4.69) is 15.0 Å². The Morgan fingerprint density at radius 1 is 0.449 bits per heavy atom. The highest BCUT2D eigenvalue weighted by Gasteiger charge is 2.30. The Kier molecular flexibility index (Phi) is 6.81. The Hall–Kier alpha value is -5.41. The molecule has 14 nitrogen and oxygen atoms in total. The summed E-state index contributed by atoms with van der Waals surface area (Å²) in [5, 5.41) is 1.33. The van der Waals surface area contributed by atoms with Crippen LogP contribution in [0.5, 0.6) is 0 Å². The van der Waals surface area contributed by atoms with Gasteiger partial charge >= 0.3 is 0 Å². The Labute approximate surface area is 286 Å². The van der Waals surface area contributed by atoms with E-state index in [0.29, 0.717) is 45.2 Å². The van der Waals surface area contributed by atoms with E-state index in [-0.39, 0.29) is 51.1 Å². The molecule has 2 aliphatic rings. The summed E-state index contributed by atoms with van der Waals surface area (Å²) in [7, 11) is -10.4. The van der Waals surface area contributed by atoms with Gasteiger partial charge in [0.25, 0.3) is 20.2 Å². The van der Waals surface area contributed by atoms with Crippen molar-refractivity contribution in [2.45, 2.75) is 9.79 Å². The lowest BCUT2D eigenvalue weighted by atomic mass is 10.1. The van der Waals surface area contributed by atoms with Crippen LogP contribution in [0.2, 0.25) is 0 Å². The Balaban J connectivity index is 0.00000348. The van der Waals surface area contributed by atoms with Crippen molar-refractivity contribution >= 4 is 81.7 Å². The summed E-state index contributed by atoms with van der Waals surface area (Å²) < 4.78 is 70.7. The highest BCUT2D eigenvalue weighted by atomic mass is 32.2. The van der Waals surface area contributed by atoms with E-state index in [4.69, 9.17) is 24.9 Å². The quantitative estimate of drug-likeness (QED) is 0.147. The Morgan fingerprint density at radius 3 is 1.27 bits per heavy atom. The van der Waals surface area contributed by atoms with Crippen molar-refractivity contribution in [2.24, 2.45) is 0 Å². The number of aromatic amines is 2. The van der Waals surface area contributed by atoms with Gasteiger partial charge in [-0.3, -0.25) is 9.11 Å². The van der Waals surface area contributed by atoms with Crippen molar-refractivity contribution < 1.29 is 25.9 Å². The molecule has 7 aromatic rings. The number of fused-ring (bicyclic) bond motifs is 20. The van der Waals surface area contributed by atoms with Crippen LogP contribution in [0.1, 0.15) is 0 Å². The van der Waals surface area contributed by atoms with Gasteiger partial charge in [0.15, 0.2) is 40.7 Å². The van der Waals surface area contributed by atoms with Gasteiger partial charge in [-0.1, -0.05) is 72.8 Å². The van der Waals surface area contributed by atoms with Gasteiger partial charge in [0, 0.05) is 38.4 Å². The number of hydrogen-bond donors (Lipinski definition) is 4. The molecule has 0 fully saturated rings. The summed E-state index contributed by atoms with van der Waals surface area (Å²) >= 11 is 0. The minimum absolute atomic E-state index is 0. The number of hydrogen-bond acceptors (Lipinski definition) is 10. The summed E-state index contributed by atoms with van der Waals surface area (Å²) in [6, 6.07) is 24.2. The number of nitrogens with zero attached hydrogens (tertiary/aromatic N) is 6. The van der Waals surface area contributed by atoms with Gasteiger partial charge in [-0.2, -0.15) is 16.8 Å². The standard InChI is InChI=1S/C32H18N8O6S2.Al.3H/c41-47(42,43)22-14-13-21-23(24(22)48(44,45)46)32-39-30-20-12-6-5-11-19(20)28(37-30)35-26-16-8-2-1-7-15(16)25(33-26)34-27-17-9-3-4-10-18(17)29(36-27)38-31(21)40-32;;;;/h1-14H,(H,41,42,43)(H,44,45,46)(H2,33,34,35,36,37,38,39,40);;;;. The minimum Gasteiger partial charge on any atom is -0.324 e. The van der Waals surface area contributed by atoms with E-state index >= 15 is 0 Å². The van der Waals surface area contributed by atoms with Gasteiger partial charge in [-0.25, -0.2) is 29.9 Å². The first-order valence-corrected chi connectivity index (χ1v) is 17.1. The first kappa shape index (κ1) is 30.9. The molecule has 17 heteroatoms. The van der Waals surface area contributed by atoms with Crippen molar-refractivity contribution in [3.05, 3.63) is 84.9 Å². The van der Waals surface area contributed by atoms with Crippen molar-refractivity contribution in [2.75, 3.05) is 0 Å². The maximum absolute atomic E-state index is 12.8. The van der Waals surface area contributed by atoms with Crippen LogP contribution in [-0.2, 0) is 20.2 Å². The molecule has 3 aromatic heterocycles. The van der Waals surface area contributed by atoms with E-state index in [1.165, 1.54) is 6.07 Å². The maximum atomic E-state index is 12.8. The zero-order chi connectivity index (χ0) is 32.9. The third-order valence-corrected chi connectivity index (χ3v) is 10.1. The van der Waals surface area contributed by atoms with Gasteiger partial charge in [0.05, 0.1) is 5.39 Å². The van der Waals surface area contributed by atoms with Gasteiger partial charge in [0.2, 0.25) is 0 Å². The van der Waals surface area contributed by atoms with Crippen LogP contribution in [-0.4, -0.2) is 83.2 Å². The molecule has 49 heavy (non-hydrogen) atoms. The van der Waals surface area contributed by atoms with Crippen LogP contribution in [0.4, 0.5) is 0 Å². The Morgan fingerprint density at radius 2 is 0.837 bits per heavy atom. The number of benzene rings is 4. The monoisotopic (exact) mass is 704 g/mol. The van der Waals surface area contributed by atoms with Crippen molar-refractivity contribution in [1.29, 1.82) is 0 Å². The zero-order valence-corrected chi connectivity index (χ0v) is 25.7. The molecule has 5 heterocycles. The SMILES string of the molecule is O=S(=O)(O)c1ccc2c3nc4nc(nc5[nH]c(nc6nc(nc([nH]3)c2c1S(=O)(=O)O)-c1ccccc1-6)c1ccccc51)-c1ccccc1-4.[AlH3]. The molecule has 4 aromatic carbocycles. The fourth-order valence-corrected chi connectivity index (χ4v) is 8.14. The molecule has 0 unspecified atom stereocenters. The first-order chi connectivity index (χ1) is 23.0. The molecule has 0 amide bonds. The summed E-state index contributed by atoms with van der Waals surface area (Å²) in [6.45, 7) is 0. The predicted octanol–water partition coefficient (Wildman–Crippen LogP) is 4.18.